The number of hydrogen-bond donors (Lipinski definition) is 3. The Labute approximate surface area is 205 Å². The van der Waals surface area contributed by atoms with Gasteiger partial charge in [0.2, 0.25) is 0 Å². The molecule has 35 heavy (non-hydrogen) atoms. The van der Waals surface area contributed by atoms with Crippen LogP contribution >= 0.6 is 0 Å². The van der Waals surface area contributed by atoms with Crippen LogP contribution in [0.4, 0.5) is 0 Å². The maximum Gasteiger partial charge on any atom is 0.272 e. The predicted molar refractivity (Wildman–Crippen MR) is 128 cm³/mol. The van der Waals surface area contributed by atoms with E-state index in [1.165, 1.54) is 18.5 Å². The molecule has 4 rings (SSSR count). The first kappa shape index (κ1) is 25.3. The molecule has 0 radical (unpaired) electrons. The molecule has 3 N–H and O–H groups in total. The molecule has 1 unspecified atom stereocenters. The van der Waals surface area contributed by atoms with Gasteiger partial charge in [0.05, 0.1) is 33.4 Å². The molecule has 2 aliphatic rings. The van der Waals surface area contributed by atoms with Crippen molar-refractivity contribution in [2.75, 3.05) is 18.8 Å². The molecular formula is C24H31N5O5S. The molecule has 188 valence electrons. The number of sulfone groups is 1. The molecule has 2 heterocycles. The number of hydrogen-bond acceptors (Lipinski definition) is 8. The fraction of sp³-hybridized carbons (Fsp3) is 0.542. The third kappa shape index (κ3) is 5.11. The van der Waals surface area contributed by atoms with Crippen molar-refractivity contribution in [1.82, 2.24) is 20.0 Å². The van der Waals surface area contributed by atoms with Crippen LogP contribution in [0.2, 0.25) is 0 Å². The number of nitrogens with one attached hydrogen (secondary N) is 1. The number of fused-ring (bicyclic) bond motifs is 1. The van der Waals surface area contributed by atoms with Gasteiger partial charge in [0.1, 0.15) is 0 Å². The molecule has 1 amide bonds. The summed E-state index contributed by atoms with van der Waals surface area (Å²) in [6.07, 6.45) is 0.346. The summed E-state index contributed by atoms with van der Waals surface area (Å²) in [5.74, 6) is -0.692. The number of benzene rings is 1. The van der Waals surface area contributed by atoms with Crippen LogP contribution in [-0.2, 0) is 29.9 Å². The molecule has 1 aliphatic carbocycles. The minimum Gasteiger partial charge on any atom is -0.389 e. The first-order chi connectivity index (χ1) is 16.4. The Morgan fingerprint density at radius 3 is 2.54 bits per heavy atom. The van der Waals surface area contributed by atoms with Crippen molar-refractivity contribution in [2.45, 2.75) is 56.2 Å². The van der Waals surface area contributed by atoms with Gasteiger partial charge in [-0.2, -0.15) is 10.4 Å². The normalized spacial score (nSPS) is 19.6. The van der Waals surface area contributed by atoms with E-state index < -0.39 is 26.4 Å². The number of aliphatic hydroxyl groups is 2. The van der Waals surface area contributed by atoms with Crippen LogP contribution in [0.3, 0.4) is 0 Å². The average molecular weight is 502 g/mol. The highest BCUT2D eigenvalue weighted by atomic mass is 32.2. The van der Waals surface area contributed by atoms with Crippen LogP contribution in [0.1, 0.15) is 65.8 Å². The Bertz CT molecular complexity index is 1270. The van der Waals surface area contributed by atoms with Crippen LogP contribution in [-0.4, -0.2) is 68.4 Å². The standard InChI is InChI=1S/C24H31N5O5S/c1-23(2,32)15-35(33,34)24(9-10-24)14-29-11-8-18-19(27-28(3)20(18)22(29)31)21(30)26-13-17-6-4-16(12-25)5-7-17/h4-7,22,31-32H,8-11,13-15H2,1-3H3,(H,26,30). The molecule has 1 aromatic carbocycles. The van der Waals surface area contributed by atoms with Gasteiger partial charge in [0, 0.05) is 32.2 Å². The Morgan fingerprint density at radius 2 is 1.97 bits per heavy atom. The number of aryl methyl sites for hydroxylation is 1. The SMILES string of the molecule is Cn1nc(C(=O)NCc2ccc(C#N)cc2)c2c1C(O)N(CC1(S(=O)(=O)CC(C)(C)O)CC1)CC2. The van der Waals surface area contributed by atoms with E-state index in [2.05, 4.69) is 16.5 Å². The van der Waals surface area contributed by atoms with Crippen molar-refractivity contribution in [2.24, 2.45) is 7.05 Å². The first-order valence-electron chi connectivity index (χ1n) is 11.6. The van der Waals surface area contributed by atoms with Crippen molar-refractivity contribution >= 4 is 15.7 Å². The van der Waals surface area contributed by atoms with Gasteiger partial charge >= 0.3 is 0 Å². The van der Waals surface area contributed by atoms with Gasteiger partial charge in [0.15, 0.2) is 21.8 Å². The van der Waals surface area contributed by atoms with Crippen LogP contribution in [0.25, 0.3) is 0 Å². The maximum atomic E-state index is 13.0. The smallest absolute Gasteiger partial charge is 0.272 e. The summed E-state index contributed by atoms with van der Waals surface area (Å²) in [5, 5.41) is 37.3. The average Bonchev–Trinajstić information content (AvgIpc) is 3.50. The Morgan fingerprint density at radius 1 is 1.31 bits per heavy atom. The highest BCUT2D eigenvalue weighted by molar-refractivity contribution is 7.93. The van der Waals surface area contributed by atoms with E-state index in [9.17, 15) is 23.4 Å². The quantitative estimate of drug-likeness (QED) is 0.481. The molecule has 0 saturated heterocycles. The van der Waals surface area contributed by atoms with Gasteiger partial charge in [-0.3, -0.25) is 14.4 Å². The van der Waals surface area contributed by atoms with Crippen LogP contribution < -0.4 is 5.32 Å². The van der Waals surface area contributed by atoms with Crippen molar-refractivity contribution in [3.8, 4) is 6.07 Å². The third-order valence-corrected chi connectivity index (χ3v) is 9.63. The summed E-state index contributed by atoms with van der Waals surface area (Å²) in [6.45, 7) is 3.78. The fourth-order valence-electron chi connectivity index (χ4n) is 4.71. The number of nitrogens with zero attached hydrogens (tertiary/aromatic N) is 4. The molecule has 11 heteroatoms. The summed E-state index contributed by atoms with van der Waals surface area (Å²) in [6, 6.07) is 8.96. The first-order valence-corrected chi connectivity index (χ1v) is 13.2. The zero-order valence-corrected chi connectivity index (χ0v) is 21.0. The summed E-state index contributed by atoms with van der Waals surface area (Å²) < 4.78 is 26.5. The second-order valence-electron chi connectivity index (χ2n) is 10.2. The summed E-state index contributed by atoms with van der Waals surface area (Å²) >= 11 is 0. The Balaban J connectivity index is 1.47. The lowest BCUT2D eigenvalue weighted by molar-refractivity contribution is -0.0135. The fourth-order valence-corrected chi connectivity index (χ4v) is 7.03. The lowest BCUT2D eigenvalue weighted by atomic mass is 10.0. The number of nitriles is 1. The number of aromatic nitrogens is 2. The number of amides is 1. The van der Waals surface area contributed by atoms with E-state index in [-0.39, 0.29) is 30.4 Å². The van der Waals surface area contributed by atoms with E-state index in [4.69, 9.17) is 5.26 Å². The number of aliphatic hydroxyl groups excluding tert-OH is 1. The molecule has 1 aliphatic heterocycles. The van der Waals surface area contributed by atoms with E-state index >= 15 is 0 Å². The monoisotopic (exact) mass is 501 g/mol. The van der Waals surface area contributed by atoms with E-state index in [0.717, 1.165) is 5.56 Å². The van der Waals surface area contributed by atoms with Crippen molar-refractivity contribution in [1.29, 1.82) is 5.26 Å². The second-order valence-corrected chi connectivity index (χ2v) is 12.6. The lowest BCUT2D eigenvalue weighted by Gasteiger charge is -2.35. The van der Waals surface area contributed by atoms with E-state index in [1.807, 2.05) is 0 Å². The van der Waals surface area contributed by atoms with Gasteiger partial charge in [-0.1, -0.05) is 12.1 Å². The number of carbonyl (C=O) groups excluding carboxylic acids is 1. The molecule has 1 fully saturated rings. The topological polar surface area (TPSA) is 149 Å². The largest absolute Gasteiger partial charge is 0.389 e. The number of carbonyl (C=O) groups is 1. The zero-order valence-electron chi connectivity index (χ0n) is 20.2. The van der Waals surface area contributed by atoms with Gasteiger partial charge in [0.25, 0.3) is 5.91 Å². The molecule has 2 aromatic rings. The highest BCUT2D eigenvalue weighted by Crippen LogP contribution is 2.47. The van der Waals surface area contributed by atoms with Crippen molar-refractivity contribution in [3.63, 3.8) is 0 Å². The van der Waals surface area contributed by atoms with E-state index in [0.29, 0.717) is 42.6 Å². The Hall–Kier alpha value is -2.78. The molecule has 1 aromatic heterocycles. The molecule has 1 atom stereocenters. The summed E-state index contributed by atoms with van der Waals surface area (Å²) in [4.78, 5) is 14.6. The minimum atomic E-state index is -3.57. The van der Waals surface area contributed by atoms with Crippen LogP contribution in [0.15, 0.2) is 24.3 Å². The summed E-state index contributed by atoms with van der Waals surface area (Å²) in [7, 11) is -1.92. The second kappa shape index (κ2) is 9.02. The van der Waals surface area contributed by atoms with Gasteiger partial charge < -0.3 is 15.5 Å². The van der Waals surface area contributed by atoms with Crippen molar-refractivity contribution < 1.29 is 23.4 Å². The third-order valence-electron chi connectivity index (χ3n) is 6.69. The molecule has 0 spiro atoms. The van der Waals surface area contributed by atoms with E-state index in [1.54, 1.807) is 36.2 Å². The van der Waals surface area contributed by atoms with Crippen LogP contribution in [0.5, 0.6) is 0 Å². The predicted octanol–water partition coefficient (Wildman–Crippen LogP) is 0.789. The molecule has 0 bridgehead atoms. The van der Waals surface area contributed by atoms with Crippen LogP contribution in [0, 0.1) is 11.3 Å². The highest BCUT2D eigenvalue weighted by Gasteiger charge is 2.56. The molecule has 10 nitrogen and oxygen atoms in total. The van der Waals surface area contributed by atoms with Gasteiger partial charge in [-0.05, 0) is 50.8 Å². The molecular weight excluding hydrogens is 470 g/mol. The van der Waals surface area contributed by atoms with Gasteiger partial charge in [-0.25, -0.2) is 8.42 Å². The maximum absolute atomic E-state index is 13.0. The zero-order chi connectivity index (χ0) is 25.6. The number of rotatable bonds is 8. The summed E-state index contributed by atoms with van der Waals surface area (Å²) in [5.41, 5.74) is 1.43. The lowest BCUT2D eigenvalue weighted by Crippen LogP contribution is -2.47. The minimum absolute atomic E-state index is 0.164. The van der Waals surface area contributed by atoms with Gasteiger partial charge in [-0.15, -0.1) is 0 Å². The Kier molecular flexibility index (Phi) is 6.53. The van der Waals surface area contributed by atoms with Crippen molar-refractivity contribution in [3.05, 3.63) is 52.3 Å². The molecule has 1 saturated carbocycles.